The Morgan fingerprint density at radius 1 is 1.17 bits per heavy atom. The number of amides is 1. The Morgan fingerprint density at radius 2 is 1.93 bits per heavy atom. The van der Waals surface area contributed by atoms with Crippen LogP contribution in [0.25, 0.3) is 0 Å². The molecule has 0 heterocycles. The van der Waals surface area contributed by atoms with Crippen LogP contribution in [-0.4, -0.2) is 29.7 Å². The lowest BCUT2D eigenvalue weighted by molar-refractivity contribution is -0.142. The first-order valence-electron chi connectivity index (χ1n) is 12.0. The number of fused-ring (bicyclic) bond motifs is 5. The van der Waals surface area contributed by atoms with Crippen LogP contribution in [0.1, 0.15) is 79.1 Å². The molecule has 4 aliphatic carbocycles. The normalized spacial score (nSPS) is 41.3. The summed E-state index contributed by atoms with van der Waals surface area (Å²) in [5.41, 5.74) is 2.43. The van der Waals surface area contributed by atoms with E-state index in [1.54, 1.807) is 0 Å². The van der Waals surface area contributed by atoms with Crippen LogP contribution < -0.4 is 0 Å². The molecule has 0 N–H and O–H groups in total. The van der Waals surface area contributed by atoms with Crippen molar-refractivity contribution >= 4 is 11.7 Å². The summed E-state index contributed by atoms with van der Waals surface area (Å²) in [6, 6.07) is 0. The molecule has 4 rings (SSSR count). The van der Waals surface area contributed by atoms with E-state index in [1.165, 1.54) is 24.8 Å². The van der Waals surface area contributed by atoms with Crippen molar-refractivity contribution in [1.82, 2.24) is 4.90 Å². The van der Waals surface area contributed by atoms with Crippen LogP contribution in [0.3, 0.4) is 0 Å². The lowest BCUT2D eigenvalue weighted by Gasteiger charge is -2.58. The number of nitrogens with zero attached hydrogens (tertiary/aromatic N) is 1. The second kappa shape index (κ2) is 7.39. The van der Waals surface area contributed by atoms with Crippen LogP contribution in [-0.2, 0) is 9.59 Å². The average molecular weight is 398 g/mol. The van der Waals surface area contributed by atoms with Gasteiger partial charge in [0.15, 0.2) is 5.78 Å². The molecule has 0 spiro atoms. The molecule has 0 aromatic carbocycles. The van der Waals surface area contributed by atoms with Gasteiger partial charge in [-0.25, -0.2) is 0 Å². The highest BCUT2D eigenvalue weighted by Gasteiger charge is 2.60. The highest BCUT2D eigenvalue weighted by atomic mass is 16.2. The fourth-order valence-electron chi connectivity index (χ4n) is 7.92. The van der Waals surface area contributed by atoms with Crippen molar-refractivity contribution in [3.8, 4) is 0 Å². The summed E-state index contributed by atoms with van der Waals surface area (Å²) in [5, 5.41) is 0. The molecule has 3 nitrogen and oxygen atoms in total. The van der Waals surface area contributed by atoms with E-state index in [0.717, 1.165) is 50.8 Å². The molecule has 160 valence electrons. The first kappa shape index (κ1) is 20.9. The van der Waals surface area contributed by atoms with Crippen LogP contribution in [0.2, 0.25) is 0 Å². The molecular formula is C26H39NO2. The van der Waals surface area contributed by atoms with Gasteiger partial charge in [0.05, 0.1) is 0 Å². The Balaban J connectivity index is 1.60. The van der Waals surface area contributed by atoms with Gasteiger partial charge in [-0.15, -0.1) is 0 Å². The summed E-state index contributed by atoms with van der Waals surface area (Å²) in [5.74, 6) is 2.75. The van der Waals surface area contributed by atoms with Crippen molar-refractivity contribution in [2.75, 3.05) is 13.1 Å². The van der Waals surface area contributed by atoms with Crippen LogP contribution in [0.5, 0.6) is 0 Å². The van der Waals surface area contributed by atoms with E-state index in [-0.39, 0.29) is 22.5 Å². The maximum absolute atomic E-state index is 13.4. The first-order valence-corrected chi connectivity index (χ1v) is 12.0. The van der Waals surface area contributed by atoms with E-state index in [9.17, 15) is 9.59 Å². The molecule has 0 bridgehead atoms. The first-order chi connectivity index (χ1) is 13.8. The van der Waals surface area contributed by atoms with Crippen molar-refractivity contribution in [1.29, 1.82) is 0 Å². The van der Waals surface area contributed by atoms with Gasteiger partial charge < -0.3 is 4.90 Å². The lowest BCUT2D eigenvalue weighted by Crippen LogP contribution is -2.52. The minimum atomic E-state index is 0.106. The quantitative estimate of drug-likeness (QED) is 0.583. The van der Waals surface area contributed by atoms with Crippen LogP contribution in [0, 0.1) is 34.5 Å². The Kier molecular flexibility index (Phi) is 5.32. The predicted octanol–water partition coefficient (Wildman–Crippen LogP) is 5.56. The Hall–Kier alpha value is -1.38. The zero-order valence-corrected chi connectivity index (χ0v) is 18.9. The average Bonchev–Trinajstić information content (AvgIpc) is 3.04. The largest absolute Gasteiger partial charge is 0.343 e. The number of allylic oxidation sites excluding steroid dienone is 2. The Labute approximate surface area is 177 Å². The highest BCUT2D eigenvalue weighted by molar-refractivity contribution is 6.05. The van der Waals surface area contributed by atoms with Crippen molar-refractivity contribution in [3.05, 3.63) is 23.8 Å². The lowest BCUT2D eigenvalue weighted by atomic mass is 9.46. The maximum atomic E-state index is 13.4. The van der Waals surface area contributed by atoms with Gasteiger partial charge in [-0.1, -0.05) is 32.9 Å². The minimum absolute atomic E-state index is 0.106. The fourth-order valence-corrected chi connectivity index (χ4v) is 7.92. The molecule has 6 atom stereocenters. The third-order valence-corrected chi connectivity index (χ3v) is 9.46. The van der Waals surface area contributed by atoms with Crippen molar-refractivity contribution in [3.63, 3.8) is 0 Å². The zero-order chi connectivity index (χ0) is 21.0. The van der Waals surface area contributed by atoms with Crippen molar-refractivity contribution < 1.29 is 9.59 Å². The third kappa shape index (κ3) is 3.06. The topological polar surface area (TPSA) is 37.4 Å². The van der Waals surface area contributed by atoms with E-state index >= 15 is 0 Å². The standard InChI is InChI=1S/C26H39NO2/c1-6-14-27(7-2)24(29)22-11-10-20-19-9-8-18-15-23(28)17(3)16-26(18,5)21(19)12-13-25(20,22)4/h15,19-22H,3,6-14,16H2,1-2,4-5H3/t19?,20?,21?,22-,25+,26+/m1/s1. The smallest absolute Gasteiger partial charge is 0.226 e. The van der Waals surface area contributed by atoms with Crippen LogP contribution >= 0.6 is 0 Å². The number of hydrogen-bond acceptors (Lipinski definition) is 2. The van der Waals surface area contributed by atoms with Gasteiger partial charge in [0.25, 0.3) is 0 Å². The van der Waals surface area contributed by atoms with Crippen molar-refractivity contribution in [2.24, 2.45) is 34.5 Å². The summed E-state index contributed by atoms with van der Waals surface area (Å²) in [7, 11) is 0. The van der Waals surface area contributed by atoms with Gasteiger partial charge >= 0.3 is 0 Å². The molecule has 3 unspecified atom stereocenters. The van der Waals surface area contributed by atoms with Gasteiger partial charge in [0, 0.05) is 19.0 Å². The maximum Gasteiger partial charge on any atom is 0.226 e. The van der Waals surface area contributed by atoms with Gasteiger partial charge in [-0.3, -0.25) is 9.59 Å². The summed E-state index contributed by atoms with van der Waals surface area (Å²) in [4.78, 5) is 27.8. The number of hydrogen-bond donors (Lipinski definition) is 0. The van der Waals surface area contributed by atoms with Gasteiger partial charge in [0.2, 0.25) is 5.91 Å². The monoisotopic (exact) mass is 397 g/mol. The van der Waals surface area contributed by atoms with Crippen LogP contribution in [0.4, 0.5) is 0 Å². The molecule has 0 saturated heterocycles. The molecule has 29 heavy (non-hydrogen) atoms. The summed E-state index contributed by atoms with van der Waals surface area (Å²) in [6.07, 6.45) is 10.6. The second-order valence-electron chi connectivity index (χ2n) is 10.7. The van der Waals surface area contributed by atoms with Gasteiger partial charge in [-0.2, -0.15) is 0 Å². The summed E-state index contributed by atoms with van der Waals surface area (Å²) < 4.78 is 0. The molecule has 3 fully saturated rings. The SMILES string of the molecule is C=C1C[C@@]2(C)C(=CC1=O)CCC1C2CC[C@@]2(C)C1CC[C@@H]2C(=O)N(CC)CCC. The number of carbonyl (C=O) groups is 2. The second-order valence-corrected chi connectivity index (χ2v) is 10.7. The number of rotatable bonds is 4. The zero-order valence-electron chi connectivity index (χ0n) is 18.9. The third-order valence-electron chi connectivity index (χ3n) is 9.46. The van der Waals surface area contributed by atoms with Crippen molar-refractivity contribution in [2.45, 2.75) is 79.1 Å². The predicted molar refractivity (Wildman–Crippen MR) is 117 cm³/mol. The highest BCUT2D eigenvalue weighted by Crippen LogP contribution is 2.66. The van der Waals surface area contributed by atoms with E-state index in [4.69, 9.17) is 0 Å². The molecule has 0 aromatic heterocycles. The summed E-state index contributed by atoms with van der Waals surface area (Å²) in [6.45, 7) is 14.9. The van der Waals surface area contributed by atoms with E-state index in [2.05, 4.69) is 39.2 Å². The van der Waals surface area contributed by atoms with E-state index < -0.39 is 0 Å². The minimum Gasteiger partial charge on any atom is -0.343 e. The molecule has 0 aromatic rings. The van der Waals surface area contributed by atoms with E-state index in [0.29, 0.717) is 23.7 Å². The molecule has 0 aliphatic heterocycles. The van der Waals surface area contributed by atoms with Gasteiger partial charge in [0.1, 0.15) is 0 Å². The number of ketones is 1. The fraction of sp³-hybridized carbons (Fsp3) is 0.769. The molecule has 4 aliphatic rings. The molecular weight excluding hydrogens is 358 g/mol. The molecule has 1 amide bonds. The van der Waals surface area contributed by atoms with Gasteiger partial charge in [-0.05, 0) is 98.5 Å². The van der Waals surface area contributed by atoms with Crippen LogP contribution in [0.15, 0.2) is 23.8 Å². The summed E-state index contributed by atoms with van der Waals surface area (Å²) >= 11 is 0. The van der Waals surface area contributed by atoms with E-state index in [1.807, 2.05) is 6.08 Å². The Morgan fingerprint density at radius 3 is 2.62 bits per heavy atom. The molecule has 3 saturated carbocycles. The number of carbonyl (C=O) groups excluding carboxylic acids is 2. The molecule has 3 heteroatoms. The Bertz CT molecular complexity index is 752. The molecule has 0 radical (unpaired) electrons.